The fraction of sp³-hybridized carbons (Fsp3) is 0.545. The van der Waals surface area contributed by atoms with E-state index in [4.69, 9.17) is 4.74 Å². The monoisotopic (exact) mass is 672 g/mol. The maximum absolute atomic E-state index is 13.3. The minimum atomic E-state index is -3.29. The molecular weight excluding hydrogens is 624 g/mol. The van der Waals surface area contributed by atoms with Gasteiger partial charge in [0.2, 0.25) is 27.7 Å². The molecule has 1 aromatic heterocycles. The molecule has 0 bridgehead atoms. The van der Waals surface area contributed by atoms with Crippen LogP contribution in [0.25, 0.3) is 5.69 Å². The summed E-state index contributed by atoms with van der Waals surface area (Å²) in [7, 11) is -1.50. The van der Waals surface area contributed by atoms with E-state index >= 15 is 0 Å². The second kappa shape index (κ2) is 16.1. The molecule has 0 saturated heterocycles. The van der Waals surface area contributed by atoms with Gasteiger partial charge in [-0.15, -0.1) is 0 Å². The standard InChI is InChI=1S/C28H37N5O4.C5H9NO3S.H2/c1-4-20-9-7-5-6-8-13-32(3)27(35)23-17-21(16-22(23)26(34)30-20)37-28(36)31-24-15-19(2)10-11-25(24)33-14-12-29-18-33;1-4(7)6-10(8,9)5-2-3-5;/h7,9-12,14-15,18,20-23H,4-6,8,13,16-17H2,1-3H3,(H,30,34)(H,31,36);5H,2-3H2,1H3,(H,6,7);1H/b9-7-;;/t20?,21-,22-,23-;;/m1../s1. The Bertz CT molecular complexity index is 1560. The molecule has 2 fully saturated rings. The third-order valence-corrected chi connectivity index (χ3v) is 10.4. The third-order valence-electron chi connectivity index (χ3n) is 8.49. The molecule has 3 N–H and O–H groups in total. The molecular formula is C33H48N6O7S. The average molecular weight is 673 g/mol. The molecule has 4 amide bonds. The SMILES string of the molecule is CC(=O)NS(=O)(=O)C1CC1.CCC1/C=C\CCCCN(C)C(=O)[C@@H]2C[C@H](OC(=O)Nc3cc(C)ccc3-n3ccnc3)C[C@H]2C(=O)N1.[HH]. The lowest BCUT2D eigenvalue weighted by Crippen LogP contribution is -2.43. The Morgan fingerprint density at radius 1 is 1.15 bits per heavy atom. The Morgan fingerprint density at radius 2 is 1.89 bits per heavy atom. The van der Waals surface area contributed by atoms with Crippen LogP contribution in [0.2, 0.25) is 0 Å². The number of carbonyl (C=O) groups excluding carboxylic acids is 4. The number of nitrogens with one attached hydrogen (secondary N) is 3. The molecule has 1 unspecified atom stereocenters. The van der Waals surface area contributed by atoms with E-state index in [-0.39, 0.29) is 24.5 Å². The highest BCUT2D eigenvalue weighted by molar-refractivity contribution is 7.90. The summed E-state index contributed by atoms with van der Waals surface area (Å²) in [5, 5.41) is 5.63. The molecule has 0 radical (unpaired) electrons. The van der Waals surface area contributed by atoms with Crippen LogP contribution in [0, 0.1) is 18.8 Å². The van der Waals surface area contributed by atoms with Gasteiger partial charge in [0.1, 0.15) is 6.10 Å². The maximum atomic E-state index is 13.3. The van der Waals surface area contributed by atoms with Crippen LogP contribution in [0.15, 0.2) is 49.1 Å². The molecule has 2 heterocycles. The Labute approximate surface area is 278 Å². The van der Waals surface area contributed by atoms with Gasteiger partial charge >= 0.3 is 6.09 Å². The van der Waals surface area contributed by atoms with Crippen molar-refractivity contribution in [3.05, 3.63) is 54.6 Å². The lowest BCUT2D eigenvalue weighted by molar-refractivity contribution is -0.140. The molecule has 4 atom stereocenters. The van der Waals surface area contributed by atoms with Gasteiger partial charge in [-0.05, 0) is 76.0 Å². The van der Waals surface area contributed by atoms with Gasteiger partial charge in [0.15, 0.2) is 0 Å². The summed E-state index contributed by atoms with van der Waals surface area (Å²) in [6, 6.07) is 5.65. The molecule has 2 saturated carbocycles. The lowest BCUT2D eigenvalue weighted by Gasteiger charge is -2.25. The van der Waals surface area contributed by atoms with Gasteiger partial charge in [-0.25, -0.2) is 18.2 Å². The van der Waals surface area contributed by atoms with Crippen LogP contribution in [0.5, 0.6) is 0 Å². The zero-order valence-electron chi connectivity index (χ0n) is 27.5. The van der Waals surface area contributed by atoms with Gasteiger partial charge in [-0.2, -0.15) is 0 Å². The van der Waals surface area contributed by atoms with Crippen LogP contribution < -0.4 is 15.4 Å². The number of fused-ring (bicyclic) bond motifs is 1. The number of rotatable bonds is 6. The first-order chi connectivity index (χ1) is 22.4. The average Bonchev–Trinajstić information content (AvgIpc) is 3.59. The Kier molecular flexibility index (Phi) is 12.2. The van der Waals surface area contributed by atoms with E-state index in [1.54, 1.807) is 30.7 Å². The molecule has 1 aliphatic heterocycles. The summed E-state index contributed by atoms with van der Waals surface area (Å²) in [4.78, 5) is 55.6. The number of carbonyl (C=O) groups is 4. The summed E-state index contributed by atoms with van der Waals surface area (Å²) in [6.45, 7) is 5.81. The minimum absolute atomic E-state index is 0. The first-order valence-electron chi connectivity index (χ1n) is 16.2. The van der Waals surface area contributed by atoms with E-state index in [0.717, 1.165) is 36.9 Å². The Hall–Kier alpha value is -4.20. The van der Waals surface area contributed by atoms with Gasteiger partial charge in [0.05, 0.1) is 34.8 Å². The van der Waals surface area contributed by atoms with Crippen LogP contribution >= 0.6 is 0 Å². The van der Waals surface area contributed by atoms with E-state index in [9.17, 15) is 27.6 Å². The van der Waals surface area contributed by atoms with Crippen LogP contribution in [0.1, 0.15) is 72.2 Å². The fourth-order valence-electron chi connectivity index (χ4n) is 5.82. The number of imidazole rings is 1. The molecule has 1 aromatic carbocycles. The van der Waals surface area contributed by atoms with Crippen LogP contribution in [0.4, 0.5) is 10.5 Å². The topological polar surface area (TPSA) is 169 Å². The predicted octanol–water partition coefficient (Wildman–Crippen LogP) is 4.08. The molecule has 47 heavy (non-hydrogen) atoms. The highest BCUT2D eigenvalue weighted by Gasteiger charge is 2.45. The van der Waals surface area contributed by atoms with Gasteiger partial charge in [-0.1, -0.05) is 25.1 Å². The van der Waals surface area contributed by atoms with Gasteiger partial charge in [0, 0.05) is 40.4 Å². The molecule has 258 valence electrons. The third kappa shape index (κ3) is 10.1. The number of ether oxygens (including phenoxy) is 1. The smallest absolute Gasteiger partial charge is 0.411 e. The quantitative estimate of drug-likeness (QED) is 0.386. The highest BCUT2D eigenvalue weighted by atomic mass is 32.2. The van der Waals surface area contributed by atoms with Crippen molar-refractivity contribution in [2.24, 2.45) is 11.8 Å². The van der Waals surface area contributed by atoms with E-state index in [2.05, 4.69) is 21.7 Å². The van der Waals surface area contributed by atoms with Crippen LogP contribution in [-0.4, -0.2) is 77.7 Å². The number of anilines is 1. The summed E-state index contributed by atoms with van der Waals surface area (Å²) in [5.74, 6) is -1.79. The van der Waals surface area contributed by atoms with E-state index in [0.29, 0.717) is 37.9 Å². The summed E-state index contributed by atoms with van der Waals surface area (Å²) < 4.78 is 31.2. The molecule has 2 aliphatic carbocycles. The predicted molar refractivity (Wildman–Crippen MR) is 179 cm³/mol. The molecule has 13 nitrogen and oxygen atoms in total. The second-order valence-electron chi connectivity index (χ2n) is 12.4. The van der Waals surface area contributed by atoms with Crippen molar-refractivity contribution in [2.45, 2.75) is 89.5 Å². The van der Waals surface area contributed by atoms with Gasteiger partial charge in [-0.3, -0.25) is 24.4 Å². The second-order valence-corrected chi connectivity index (χ2v) is 14.4. The zero-order valence-corrected chi connectivity index (χ0v) is 28.3. The summed E-state index contributed by atoms with van der Waals surface area (Å²) >= 11 is 0. The Morgan fingerprint density at radius 3 is 2.55 bits per heavy atom. The zero-order chi connectivity index (χ0) is 34.1. The number of amides is 4. The molecule has 2 aromatic rings. The Balaban J connectivity index is 0.000000487. The van der Waals surface area contributed by atoms with Gasteiger partial charge < -0.3 is 19.5 Å². The fourth-order valence-corrected chi connectivity index (χ4v) is 7.14. The highest BCUT2D eigenvalue weighted by Crippen LogP contribution is 2.36. The van der Waals surface area contributed by atoms with Crippen molar-refractivity contribution in [3.8, 4) is 5.69 Å². The number of aromatic nitrogens is 2. The normalized spacial score (nSPS) is 24.2. The number of nitrogens with zero attached hydrogens (tertiary/aromatic N) is 3. The first kappa shape index (κ1) is 35.7. The van der Waals surface area contributed by atoms with Crippen molar-refractivity contribution in [2.75, 3.05) is 18.9 Å². The number of hydrogen-bond acceptors (Lipinski definition) is 8. The van der Waals surface area contributed by atoms with Crippen molar-refractivity contribution < 1.29 is 33.8 Å². The van der Waals surface area contributed by atoms with E-state index in [1.165, 1.54) is 6.92 Å². The van der Waals surface area contributed by atoms with Crippen LogP contribution in [0.3, 0.4) is 0 Å². The summed E-state index contributed by atoms with van der Waals surface area (Å²) in [5.41, 5.74) is 2.34. The van der Waals surface area contributed by atoms with Crippen molar-refractivity contribution in [1.82, 2.24) is 24.5 Å². The van der Waals surface area contributed by atoms with Crippen molar-refractivity contribution in [1.29, 1.82) is 0 Å². The first-order valence-corrected chi connectivity index (χ1v) is 17.7. The van der Waals surface area contributed by atoms with Crippen molar-refractivity contribution >= 4 is 39.5 Å². The van der Waals surface area contributed by atoms with Gasteiger partial charge in [0.25, 0.3) is 0 Å². The molecule has 14 heteroatoms. The summed E-state index contributed by atoms with van der Waals surface area (Å²) in [6.07, 6.45) is 13.7. The number of allylic oxidation sites excluding steroid dienone is 1. The number of benzene rings is 1. The molecule has 0 spiro atoms. The lowest BCUT2D eigenvalue weighted by atomic mass is 9.93. The van der Waals surface area contributed by atoms with Crippen LogP contribution in [-0.2, 0) is 29.1 Å². The van der Waals surface area contributed by atoms with E-state index < -0.39 is 40.0 Å². The minimum Gasteiger partial charge on any atom is -0.446 e. The van der Waals surface area contributed by atoms with Crippen molar-refractivity contribution in [3.63, 3.8) is 0 Å². The largest absolute Gasteiger partial charge is 0.446 e. The number of hydrogen-bond donors (Lipinski definition) is 3. The van der Waals surface area contributed by atoms with E-state index in [1.807, 2.05) is 47.4 Å². The molecule has 5 rings (SSSR count). The number of aryl methyl sites for hydroxylation is 1. The number of sulfonamides is 1. The maximum Gasteiger partial charge on any atom is 0.411 e. The molecule has 3 aliphatic rings.